The van der Waals surface area contributed by atoms with Crippen LogP contribution in [0, 0.1) is 0 Å². The molecule has 0 spiro atoms. The third kappa shape index (κ3) is 9.86. The number of ether oxygens (including phenoxy) is 2. The van der Waals surface area contributed by atoms with Gasteiger partial charge in [-0.2, -0.15) is 0 Å². The van der Waals surface area contributed by atoms with Crippen molar-refractivity contribution in [3.8, 4) is 0 Å². The van der Waals surface area contributed by atoms with Gasteiger partial charge in [0.1, 0.15) is 11.4 Å². The van der Waals surface area contributed by atoms with Crippen LogP contribution >= 0.6 is 0 Å². The van der Waals surface area contributed by atoms with Crippen molar-refractivity contribution in [1.82, 2.24) is 5.32 Å². The SMILES string of the molecule is CCOC(=O)CS(=O)C[C@H](Cc1ccccc1)NC(=O)OC(C)(C)C. The lowest BCUT2D eigenvalue weighted by Gasteiger charge is -2.23. The molecule has 1 amide bonds. The molecule has 0 bridgehead atoms. The Balaban J connectivity index is 2.71. The predicted molar refractivity (Wildman–Crippen MR) is 97.8 cm³/mol. The molecular formula is C18H27NO5S. The molecule has 0 saturated heterocycles. The summed E-state index contributed by atoms with van der Waals surface area (Å²) in [7, 11) is -1.44. The highest BCUT2D eigenvalue weighted by Gasteiger charge is 2.22. The monoisotopic (exact) mass is 369 g/mol. The van der Waals surface area contributed by atoms with Gasteiger partial charge in [0.05, 0.1) is 6.61 Å². The molecule has 1 N–H and O–H groups in total. The van der Waals surface area contributed by atoms with E-state index in [0.717, 1.165) is 5.56 Å². The van der Waals surface area contributed by atoms with E-state index in [0.29, 0.717) is 6.42 Å². The molecule has 1 aromatic carbocycles. The molecule has 0 saturated carbocycles. The van der Waals surface area contributed by atoms with E-state index in [4.69, 9.17) is 9.47 Å². The summed E-state index contributed by atoms with van der Waals surface area (Å²) in [6, 6.07) is 9.15. The maximum absolute atomic E-state index is 12.2. The van der Waals surface area contributed by atoms with Crippen LogP contribution in [-0.4, -0.2) is 46.0 Å². The van der Waals surface area contributed by atoms with Gasteiger partial charge in [0.15, 0.2) is 0 Å². The molecule has 0 aliphatic heterocycles. The van der Waals surface area contributed by atoms with Crippen LogP contribution in [-0.2, 0) is 31.5 Å². The normalized spacial score (nSPS) is 13.6. The molecule has 140 valence electrons. The third-order valence-corrected chi connectivity index (χ3v) is 4.35. The first-order valence-corrected chi connectivity index (χ1v) is 9.72. The molecule has 1 unspecified atom stereocenters. The first-order chi connectivity index (χ1) is 11.7. The Morgan fingerprint density at radius 3 is 2.40 bits per heavy atom. The number of nitrogens with one attached hydrogen (secondary N) is 1. The molecule has 6 nitrogen and oxygen atoms in total. The molecule has 1 aromatic rings. The van der Waals surface area contributed by atoms with Crippen molar-refractivity contribution in [2.45, 2.75) is 45.8 Å². The Hall–Kier alpha value is -1.89. The molecule has 0 heterocycles. The number of carbonyl (C=O) groups excluding carboxylic acids is 2. The summed E-state index contributed by atoms with van der Waals surface area (Å²) in [4.78, 5) is 23.5. The Morgan fingerprint density at radius 1 is 1.20 bits per heavy atom. The zero-order chi connectivity index (χ0) is 18.9. The topological polar surface area (TPSA) is 81.7 Å². The predicted octanol–water partition coefficient (Wildman–Crippen LogP) is 2.43. The summed E-state index contributed by atoms with van der Waals surface area (Å²) >= 11 is 0. The summed E-state index contributed by atoms with van der Waals surface area (Å²) in [5.41, 5.74) is 0.377. The first kappa shape index (κ1) is 21.2. The van der Waals surface area contributed by atoms with Crippen LogP contribution in [0.1, 0.15) is 33.3 Å². The molecule has 25 heavy (non-hydrogen) atoms. The number of rotatable bonds is 8. The molecular weight excluding hydrogens is 342 g/mol. The third-order valence-electron chi connectivity index (χ3n) is 3.02. The lowest BCUT2D eigenvalue weighted by molar-refractivity contribution is -0.139. The minimum atomic E-state index is -1.44. The van der Waals surface area contributed by atoms with Crippen molar-refractivity contribution in [2.75, 3.05) is 18.1 Å². The number of hydrogen-bond acceptors (Lipinski definition) is 5. The number of alkyl carbamates (subject to hydrolysis) is 1. The largest absolute Gasteiger partial charge is 0.465 e. The zero-order valence-electron chi connectivity index (χ0n) is 15.2. The Morgan fingerprint density at radius 2 is 1.84 bits per heavy atom. The van der Waals surface area contributed by atoms with Crippen LogP contribution in [0.25, 0.3) is 0 Å². The van der Waals surface area contributed by atoms with Gasteiger partial charge in [0, 0.05) is 22.6 Å². The second-order valence-corrected chi connectivity index (χ2v) is 8.09. The van der Waals surface area contributed by atoms with E-state index in [9.17, 15) is 13.8 Å². The molecule has 0 aliphatic carbocycles. The fraction of sp³-hybridized carbons (Fsp3) is 0.556. The summed E-state index contributed by atoms with van der Waals surface area (Å²) in [5, 5.41) is 2.75. The van der Waals surface area contributed by atoms with Gasteiger partial charge < -0.3 is 14.8 Å². The fourth-order valence-corrected chi connectivity index (χ4v) is 3.26. The van der Waals surface area contributed by atoms with E-state index in [1.54, 1.807) is 27.7 Å². The highest BCUT2D eigenvalue weighted by molar-refractivity contribution is 7.85. The number of benzene rings is 1. The highest BCUT2D eigenvalue weighted by atomic mass is 32.2. The van der Waals surface area contributed by atoms with Crippen LogP contribution in [0.3, 0.4) is 0 Å². The minimum Gasteiger partial charge on any atom is -0.465 e. The van der Waals surface area contributed by atoms with E-state index >= 15 is 0 Å². The molecule has 7 heteroatoms. The smallest absolute Gasteiger partial charge is 0.407 e. The van der Waals surface area contributed by atoms with Crippen LogP contribution in [0.4, 0.5) is 4.79 Å². The molecule has 0 fully saturated rings. The Bertz CT molecular complexity index is 583. The van der Waals surface area contributed by atoms with E-state index < -0.39 is 34.5 Å². The van der Waals surface area contributed by atoms with Crippen molar-refractivity contribution in [3.05, 3.63) is 35.9 Å². The fourth-order valence-electron chi connectivity index (χ4n) is 2.14. The van der Waals surface area contributed by atoms with Gasteiger partial charge in [-0.05, 0) is 39.7 Å². The standard InChI is InChI=1S/C18H27NO5S/c1-5-23-16(20)13-25(22)12-15(11-14-9-7-6-8-10-14)19-17(21)24-18(2,3)4/h6-10,15H,5,11-13H2,1-4H3,(H,19,21)/t15-,25?/m0/s1. The Kier molecular flexibility index (Phi) is 8.61. The number of amides is 1. The van der Waals surface area contributed by atoms with Crippen molar-refractivity contribution >= 4 is 22.9 Å². The number of hydrogen-bond donors (Lipinski definition) is 1. The van der Waals surface area contributed by atoms with Crippen LogP contribution in [0.5, 0.6) is 0 Å². The van der Waals surface area contributed by atoms with Gasteiger partial charge >= 0.3 is 12.1 Å². The van der Waals surface area contributed by atoms with Crippen molar-refractivity contribution in [1.29, 1.82) is 0 Å². The van der Waals surface area contributed by atoms with Gasteiger partial charge in [-0.1, -0.05) is 30.3 Å². The summed E-state index contributed by atoms with van der Waals surface area (Å²) in [5.74, 6) is -0.543. The van der Waals surface area contributed by atoms with Crippen molar-refractivity contribution in [3.63, 3.8) is 0 Å². The lowest BCUT2D eigenvalue weighted by atomic mass is 10.1. The molecule has 0 radical (unpaired) electrons. The van der Waals surface area contributed by atoms with Crippen LogP contribution in [0.15, 0.2) is 30.3 Å². The second kappa shape index (κ2) is 10.2. The second-order valence-electron chi connectivity index (χ2n) is 6.59. The minimum absolute atomic E-state index is 0.146. The van der Waals surface area contributed by atoms with Crippen molar-refractivity contribution in [2.24, 2.45) is 0 Å². The van der Waals surface area contributed by atoms with Gasteiger partial charge in [-0.3, -0.25) is 9.00 Å². The number of esters is 1. The van der Waals surface area contributed by atoms with E-state index in [2.05, 4.69) is 5.32 Å². The zero-order valence-corrected chi connectivity index (χ0v) is 16.1. The first-order valence-electron chi connectivity index (χ1n) is 8.23. The Labute approximate surface area is 151 Å². The van der Waals surface area contributed by atoms with Gasteiger partial charge in [-0.25, -0.2) is 4.79 Å². The van der Waals surface area contributed by atoms with E-state index in [1.165, 1.54) is 0 Å². The lowest BCUT2D eigenvalue weighted by Crippen LogP contribution is -2.43. The average molecular weight is 369 g/mol. The van der Waals surface area contributed by atoms with Crippen LogP contribution in [0.2, 0.25) is 0 Å². The maximum Gasteiger partial charge on any atom is 0.407 e. The quantitative estimate of drug-likeness (QED) is 0.712. The van der Waals surface area contributed by atoms with Gasteiger partial charge in [0.25, 0.3) is 0 Å². The van der Waals surface area contributed by atoms with E-state index in [-0.39, 0.29) is 18.1 Å². The van der Waals surface area contributed by atoms with E-state index in [1.807, 2.05) is 30.3 Å². The molecule has 2 atom stereocenters. The van der Waals surface area contributed by atoms with Crippen LogP contribution < -0.4 is 5.32 Å². The molecule has 0 aromatic heterocycles. The molecule has 0 aliphatic rings. The number of carbonyl (C=O) groups is 2. The maximum atomic E-state index is 12.2. The highest BCUT2D eigenvalue weighted by Crippen LogP contribution is 2.09. The average Bonchev–Trinajstić information content (AvgIpc) is 2.45. The summed E-state index contributed by atoms with van der Waals surface area (Å²) in [6.07, 6.45) is -0.0733. The summed E-state index contributed by atoms with van der Waals surface area (Å²) < 4.78 is 22.3. The molecule has 1 rings (SSSR count). The van der Waals surface area contributed by atoms with Gasteiger partial charge in [-0.15, -0.1) is 0 Å². The summed E-state index contributed by atoms with van der Waals surface area (Å²) in [6.45, 7) is 7.27. The van der Waals surface area contributed by atoms with Gasteiger partial charge in [0.2, 0.25) is 0 Å². The van der Waals surface area contributed by atoms with Crippen molar-refractivity contribution < 1.29 is 23.3 Å².